The van der Waals surface area contributed by atoms with Gasteiger partial charge in [0.05, 0.1) is 12.2 Å². The summed E-state index contributed by atoms with van der Waals surface area (Å²) in [7, 11) is 3.25. The first-order valence-electron chi connectivity index (χ1n) is 14.2. The molecule has 2 saturated heterocycles. The van der Waals surface area contributed by atoms with Crippen molar-refractivity contribution in [2.45, 2.75) is 103 Å². The van der Waals surface area contributed by atoms with Crippen LogP contribution in [0.5, 0.6) is 0 Å². The van der Waals surface area contributed by atoms with E-state index >= 15 is 0 Å². The number of aliphatic hydroxyl groups excluding tert-OH is 1. The van der Waals surface area contributed by atoms with Gasteiger partial charge < -0.3 is 33.1 Å². The first-order chi connectivity index (χ1) is 20.7. The summed E-state index contributed by atoms with van der Waals surface area (Å²) in [5.74, 6) is 0. The lowest BCUT2D eigenvalue weighted by atomic mass is 10.1. The molecule has 2 aliphatic heterocycles. The Balaban J connectivity index is 0.000000266. The highest BCUT2D eigenvalue weighted by Gasteiger charge is 2.47. The van der Waals surface area contributed by atoms with Gasteiger partial charge in [-0.3, -0.25) is 28.7 Å². The lowest BCUT2D eigenvalue weighted by Gasteiger charge is -2.37. The molecule has 2 fully saturated rings. The molecule has 0 radical (unpaired) electrons. The molecule has 9 atom stereocenters. The number of aromatic amines is 2. The Morgan fingerprint density at radius 3 is 1.66 bits per heavy atom. The van der Waals surface area contributed by atoms with E-state index in [0.717, 1.165) is 0 Å². The third-order valence-corrected chi connectivity index (χ3v) is 9.32. The topological polar surface area (TPSA) is 189 Å². The number of aromatic nitrogens is 4. The van der Waals surface area contributed by atoms with Crippen molar-refractivity contribution in [1.29, 1.82) is 0 Å². The Morgan fingerprint density at radius 1 is 0.795 bits per heavy atom. The molecular formula is C27H44N5O11P. The predicted molar refractivity (Wildman–Crippen MR) is 160 cm³/mol. The van der Waals surface area contributed by atoms with Crippen LogP contribution in [0.1, 0.15) is 54.0 Å². The molecule has 0 aromatic carbocycles. The average molecular weight is 646 g/mol. The third kappa shape index (κ3) is 8.00. The van der Waals surface area contributed by atoms with Gasteiger partial charge in [0.1, 0.15) is 24.4 Å². The van der Waals surface area contributed by atoms with Gasteiger partial charge in [0.25, 0.3) is 19.6 Å². The molecule has 0 amide bonds. The first kappa shape index (κ1) is 35.9. The molecule has 17 heteroatoms. The van der Waals surface area contributed by atoms with Gasteiger partial charge in [-0.2, -0.15) is 0 Å². The highest BCUT2D eigenvalue weighted by Crippen LogP contribution is 2.49. The molecule has 0 bridgehead atoms. The number of aliphatic hydroxyl groups is 1. The van der Waals surface area contributed by atoms with Crippen molar-refractivity contribution < 1.29 is 33.1 Å². The van der Waals surface area contributed by atoms with E-state index in [4.69, 9.17) is 28.0 Å². The minimum absolute atomic E-state index is 0.229. The van der Waals surface area contributed by atoms with Crippen molar-refractivity contribution in [2.75, 3.05) is 21.3 Å². The molecule has 2 aromatic rings. The van der Waals surface area contributed by atoms with E-state index in [2.05, 4.69) is 42.3 Å². The summed E-state index contributed by atoms with van der Waals surface area (Å²) in [4.78, 5) is 50.4. The van der Waals surface area contributed by atoms with Crippen molar-refractivity contribution in [3.05, 3.63) is 66.2 Å². The maximum Gasteiger partial charge on any atom is 0.330 e. The molecule has 0 aliphatic carbocycles. The van der Waals surface area contributed by atoms with E-state index in [1.807, 2.05) is 6.92 Å². The number of H-pyrrole nitrogens is 2. The predicted octanol–water partition coefficient (Wildman–Crippen LogP) is 0.676. The largest absolute Gasteiger partial charge is 0.388 e. The molecule has 3 N–H and O–H groups in total. The van der Waals surface area contributed by atoms with Gasteiger partial charge in [-0.05, 0) is 41.5 Å². The maximum absolute atomic E-state index is 12.2. The van der Waals surface area contributed by atoms with Gasteiger partial charge in [-0.1, -0.05) is 0 Å². The minimum atomic E-state index is -1.34. The molecule has 0 saturated carbocycles. The highest BCUT2D eigenvalue weighted by molar-refractivity contribution is 7.44. The van der Waals surface area contributed by atoms with Gasteiger partial charge >= 0.3 is 11.4 Å². The van der Waals surface area contributed by atoms with Crippen molar-refractivity contribution in [3.8, 4) is 0 Å². The Kier molecular flexibility index (Phi) is 12.8. The molecule has 4 heterocycles. The van der Waals surface area contributed by atoms with Gasteiger partial charge in [-0.25, -0.2) is 14.3 Å². The molecule has 16 nitrogen and oxygen atoms in total. The summed E-state index contributed by atoms with van der Waals surface area (Å²) in [5.41, 5.74) is -2.09. The summed E-state index contributed by atoms with van der Waals surface area (Å²) < 4.78 is 38.8. The van der Waals surface area contributed by atoms with E-state index in [9.17, 15) is 24.3 Å². The lowest BCUT2D eigenvalue weighted by Crippen LogP contribution is -2.40. The molecule has 2 aromatic heterocycles. The minimum Gasteiger partial charge on any atom is -0.388 e. The normalized spacial score (nSPS) is 29.3. The van der Waals surface area contributed by atoms with E-state index in [-0.39, 0.29) is 18.2 Å². The van der Waals surface area contributed by atoms with Crippen molar-refractivity contribution in [2.24, 2.45) is 0 Å². The molecule has 0 spiro atoms. The fourth-order valence-corrected chi connectivity index (χ4v) is 6.88. The quantitative estimate of drug-likeness (QED) is 0.307. The van der Waals surface area contributed by atoms with E-state index < -0.39 is 74.0 Å². The standard InChI is InChI=1S/C17H30N3O6P.C10H14N2O5/c1-10(2)20(11(3)4)27(24-7)26-14-12(5)25-16(15(14)23-6)19-9-8-13(21)18-17(19)22;1-5-7(14)8(16-2)9(17-5)12-4-3-6(13)11-10(12)15/h8-12,14-16H,1-7H3,(H,18,21,22);3-5,7-9,14H,1-2H3,(H,11,13,15)/t12-,14+,15?,16-,27?;5-,7+,8?,9-/m11/s1. The summed E-state index contributed by atoms with van der Waals surface area (Å²) >= 11 is 0. The summed E-state index contributed by atoms with van der Waals surface area (Å²) in [6, 6.07) is 2.95. The van der Waals surface area contributed by atoms with Gasteiger partial charge in [0.15, 0.2) is 12.5 Å². The molecule has 44 heavy (non-hydrogen) atoms. The number of hydrogen-bond donors (Lipinski definition) is 3. The second kappa shape index (κ2) is 15.7. The van der Waals surface area contributed by atoms with E-state index in [1.165, 1.54) is 40.8 Å². The Labute approximate surface area is 255 Å². The monoisotopic (exact) mass is 645 g/mol. The molecule has 3 unspecified atom stereocenters. The lowest BCUT2D eigenvalue weighted by molar-refractivity contribution is -0.0516. The Morgan fingerprint density at radius 2 is 1.25 bits per heavy atom. The van der Waals surface area contributed by atoms with Gasteiger partial charge in [-0.15, -0.1) is 0 Å². The second-order valence-electron chi connectivity index (χ2n) is 10.9. The molecule has 248 valence electrons. The third-order valence-electron chi connectivity index (χ3n) is 7.28. The first-order valence-corrected chi connectivity index (χ1v) is 15.3. The van der Waals surface area contributed by atoms with Crippen molar-refractivity contribution in [1.82, 2.24) is 23.8 Å². The Hall–Kier alpha value is -2.53. The second-order valence-corrected chi connectivity index (χ2v) is 12.5. The zero-order valence-electron chi connectivity index (χ0n) is 26.4. The van der Waals surface area contributed by atoms with Crippen molar-refractivity contribution in [3.63, 3.8) is 0 Å². The van der Waals surface area contributed by atoms with Crippen LogP contribution in [0.2, 0.25) is 0 Å². The number of ether oxygens (including phenoxy) is 4. The number of nitrogens with one attached hydrogen (secondary N) is 2. The van der Waals surface area contributed by atoms with Crippen LogP contribution >= 0.6 is 8.53 Å². The van der Waals surface area contributed by atoms with Crippen LogP contribution in [0.25, 0.3) is 0 Å². The smallest absolute Gasteiger partial charge is 0.330 e. The SMILES string of the molecule is COC1[C@@H](O)[C@@H](C)O[C@H]1n1ccc(=O)[nH]c1=O.COC1[C@@H](OP(OC)N(C(C)C)C(C)C)[C@@H](C)O[C@H]1n1ccc(=O)[nH]c1=O. The van der Waals surface area contributed by atoms with E-state index in [1.54, 1.807) is 21.1 Å². The van der Waals surface area contributed by atoms with E-state index in [0.29, 0.717) is 0 Å². The maximum atomic E-state index is 12.2. The number of rotatable bonds is 10. The van der Waals surface area contributed by atoms with Crippen LogP contribution in [0.3, 0.4) is 0 Å². The van der Waals surface area contributed by atoms with Crippen LogP contribution in [0.15, 0.2) is 43.7 Å². The van der Waals surface area contributed by atoms with Crippen LogP contribution in [-0.4, -0.2) is 98.9 Å². The molecular weight excluding hydrogens is 601 g/mol. The Bertz CT molecular complexity index is 1430. The van der Waals surface area contributed by atoms with Crippen LogP contribution in [0, 0.1) is 0 Å². The fourth-order valence-electron chi connectivity index (χ4n) is 5.24. The molecule has 2 aliphatic rings. The number of hydrogen-bond acceptors (Lipinski definition) is 12. The van der Waals surface area contributed by atoms with Gasteiger partial charge in [0.2, 0.25) is 0 Å². The summed E-state index contributed by atoms with van der Waals surface area (Å²) in [5, 5.41) is 9.80. The zero-order chi connectivity index (χ0) is 32.9. The highest BCUT2D eigenvalue weighted by atomic mass is 31.2. The number of methoxy groups -OCH3 is 2. The van der Waals surface area contributed by atoms with Gasteiger partial charge in [0, 0.05) is 57.9 Å². The van der Waals surface area contributed by atoms with Crippen LogP contribution < -0.4 is 22.5 Å². The van der Waals surface area contributed by atoms with Crippen LogP contribution in [0.4, 0.5) is 0 Å². The number of nitrogens with zero attached hydrogens (tertiary/aromatic N) is 3. The zero-order valence-corrected chi connectivity index (χ0v) is 27.3. The molecule has 4 rings (SSSR count). The van der Waals surface area contributed by atoms with Crippen molar-refractivity contribution >= 4 is 8.53 Å². The fraction of sp³-hybridized carbons (Fsp3) is 0.704. The van der Waals surface area contributed by atoms with Crippen LogP contribution in [-0.2, 0) is 28.0 Å². The summed E-state index contributed by atoms with van der Waals surface area (Å²) in [6.07, 6.45) is -1.94. The summed E-state index contributed by atoms with van der Waals surface area (Å²) in [6.45, 7) is 11.9. The average Bonchev–Trinajstić information content (AvgIpc) is 3.41.